The number of benzene rings is 3. The van der Waals surface area contributed by atoms with Gasteiger partial charge in [-0.1, -0.05) is 66.7 Å². The van der Waals surface area contributed by atoms with Crippen molar-refractivity contribution in [2.75, 3.05) is 6.61 Å². The Morgan fingerprint density at radius 3 is 2.17 bits per heavy atom. The largest absolute Gasteiger partial charge is 0.493 e. The number of amides is 1. The van der Waals surface area contributed by atoms with E-state index in [1.54, 1.807) is 48.5 Å². The first-order valence-corrected chi connectivity index (χ1v) is 9.20. The van der Waals surface area contributed by atoms with Crippen molar-refractivity contribution in [2.45, 2.75) is 6.42 Å². The summed E-state index contributed by atoms with van der Waals surface area (Å²) in [6.45, 7) is 0.452. The number of carboxylic acids is 1. The third-order valence-corrected chi connectivity index (χ3v) is 4.22. The lowest BCUT2D eigenvalue weighted by Crippen LogP contribution is -2.27. The van der Waals surface area contributed by atoms with Crippen LogP contribution in [0.3, 0.4) is 0 Å². The van der Waals surface area contributed by atoms with E-state index in [0.717, 1.165) is 12.0 Å². The standard InChI is InChI=1S/C24H21NO4/c26-23(19-11-5-2-6-12-19)25-21(24(27)28)17-20-13-7-8-14-22(20)29-16-15-18-9-3-1-4-10-18/h1-14,17H,15-16H2,(H,25,26)(H,27,28). The number of carbonyl (C=O) groups excluding carboxylic acids is 1. The number of ether oxygens (including phenoxy) is 1. The molecule has 0 atom stereocenters. The molecule has 5 nitrogen and oxygen atoms in total. The van der Waals surface area contributed by atoms with Gasteiger partial charge in [0.25, 0.3) is 5.91 Å². The Balaban J connectivity index is 1.74. The molecule has 3 aromatic carbocycles. The van der Waals surface area contributed by atoms with Crippen molar-refractivity contribution in [1.29, 1.82) is 0 Å². The van der Waals surface area contributed by atoms with E-state index in [1.165, 1.54) is 6.08 Å². The second-order valence-corrected chi connectivity index (χ2v) is 6.31. The molecule has 0 aliphatic heterocycles. The van der Waals surface area contributed by atoms with Crippen LogP contribution < -0.4 is 10.1 Å². The molecule has 5 heteroatoms. The first-order chi connectivity index (χ1) is 14.1. The van der Waals surface area contributed by atoms with Crippen LogP contribution in [0.2, 0.25) is 0 Å². The molecule has 3 aromatic rings. The van der Waals surface area contributed by atoms with E-state index >= 15 is 0 Å². The number of para-hydroxylation sites is 1. The zero-order chi connectivity index (χ0) is 20.5. The molecule has 2 N–H and O–H groups in total. The van der Waals surface area contributed by atoms with Gasteiger partial charge in [-0.2, -0.15) is 0 Å². The lowest BCUT2D eigenvalue weighted by molar-refractivity contribution is -0.132. The van der Waals surface area contributed by atoms with Crippen LogP contribution in [-0.4, -0.2) is 23.6 Å². The molecule has 0 aromatic heterocycles. The monoisotopic (exact) mass is 387 g/mol. The molecule has 0 spiro atoms. The number of hydrogen-bond donors (Lipinski definition) is 2. The third kappa shape index (κ3) is 5.81. The molecule has 146 valence electrons. The van der Waals surface area contributed by atoms with E-state index in [4.69, 9.17) is 4.74 Å². The minimum absolute atomic E-state index is 0.224. The second kappa shape index (κ2) is 9.90. The summed E-state index contributed by atoms with van der Waals surface area (Å²) in [5, 5.41) is 12.0. The van der Waals surface area contributed by atoms with Gasteiger partial charge < -0.3 is 15.2 Å². The van der Waals surface area contributed by atoms with Crippen molar-refractivity contribution >= 4 is 18.0 Å². The molecular formula is C24H21NO4. The van der Waals surface area contributed by atoms with E-state index < -0.39 is 11.9 Å². The number of carbonyl (C=O) groups is 2. The Morgan fingerprint density at radius 2 is 1.48 bits per heavy atom. The Kier molecular flexibility index (Phi) is 6.79. The van der Waals surface area contributed by atoms with Crippen LogP contribution in [-0.2, 0) is 11.2 Å². The highest BCUT2D eigenvalue weighted by molar-refractivity contribution is 6.02. The van der Waals surface area contributed by atoms with E-state index in [9.17, 15) is 14.7 Å². The summed E-state index contributed by atoms with van der Waals surface area (Å²) >= 11 is 0. The SMILES string of the molecule is O=C(O)C(=Cc1ccccc1OCCc1ccccc1)NC(=O)c1ccccc1. The fraction of sp³-hybridized carbons (Fsp3) is 0.0833. The van der Waals surface area contributed by atoms with Crippen LogP contribution in [0.5, 0.6) is 5.75 Å². The van der Waals surface area contributed by atoms with Gasteiger partial charge in [-0.05, 0) is 29.8 Å². The topological polar surface area (TPSA) is 75.6 Å². The van der Waals surface area contributed by atoms with Gasteiger partial charge in [-0.25, -0.2) is 4.79 Å². The first kappa shape index (κ1) is 19.9. The van der Waals surface area contributed by atoms with Crippen LogP contribution in [0, 0.1) is 0 Å². The molecule has 0 saturated heterocycles. The number of rotatable bonds is 8. The van der Waals surface area contributed by atoms with Gasteiger partial charge in [0.2, 0.25) is 0 Å². The quantitative estimate of drug-likeness (QED) is 0.569. The van der Waals surface area contributed by atoms with Crippen molar-refractivity contribution in [2.24, 2.45) is 0 Å². The van der Waals surface area contributed by atoms with Crippen molar-refractivity contribution < 1.29 is 19.4 Å². The zero-order valence-electron chi connectivity index (χ0n) is 15.7. The van der Waals surface area contributed by atoms with E-state index in [0.29, 0.717) is 23.5 Å². The Morgan fingerprint density at radius 1 is 0.862 bits per heavy atom. The number of aliphatic carboxylic acids is 1. The lowest BCUT2D eigenvalue weighted by atomic mass is 10.1. The van der Waals surface area contributed by atoms with E-state index in [-0.39, 0.29) is 5.70 Å². The molecular weight excluding hydrogens is 366 g/mol. The number of hydrogen-bond acceptors (Lipinski definition) is 3. The molecule has 0 unspecified atom stereocenters. The van der Waals surface area contributed by atoms with Gasteiger partial charge in [-0.15, -0.1) is 0 Å². The van der Waals surface area contributed by atoms with Crippen LogP contribution >= 0.6 is 0 Å². The van der Waals surface area contributed by atoms with Gasteiger partial charge in [-0.3, -0.25) is 4.79 Å². The van der Waals surface area contributed by atoms with Gasteiger partial charge >= 0.3 is 5.97 Å². The molecule has 0 radical (unpaired) electrons. The average Bonchev–Trinajstić information content (AvgIpc) is 2.75. The molecule has 0 aliphatic carbocycles. The molecule has 0 bridgehead atoms. The number of nitrogens with one attached hydrogen (secondary N) is 1. The Bertz CT molecular complexity index is 998. The van der Waals surface area contributed by atoms with E-state index in [1.807, 2.05) is 36.4 Å². The van der Waals surface area contributed by atoms with Crippen LogP contribution in [0.15, 0.2) is 90.6 Å². The lowest BCUT2D eigenvalue weighted by Gasteiger charge is -2.11. The molecule has 3 rings (SSSR count). The van der Waals surface area contributed by atoms with Crippen LogP contribution in [0.25, 0.3) is 6.08 Å². The minimum atomic E-state index is -1.23. The van der Waals surface area contributed by atoms with Crippen molar-refractivity contribution in [3.8, 4) is 5.75 Å². The highest BCUT2D eigenvalue weighted by Gasteiger charge is 2.14. The third-order valence-electron chi connectivity index (χ3n) is 4.22. The molecule has 29 heavy (non-hydrogen) atoms. The molecule has 0 fully saturated rings. The summed E-state index contributed by atoms with van der Waals surface area (Å²) in [4.78, 5) is 24.0. The average molecular weight is 387 g/mol. The molecule has 0 aliphatic rings. The van der Waals surface area contributed by atoms with Crippen LogP contribution in [0.4, 0.5) is 0 Å². The number of carboxylic acid groups (broad SMARTS) is 1. The Labute approximate surface area is 169 Å². The predicted molar refractivity (Wildman–Crippen MR) is 112 cm³/mol. The molecule has 1 amide bonds. The maximum atomic E-state index is 12.3. The zero-order valence-corrected chi connectivity index (χ0v) is 15.7. The smallest absolute Gasteiger partial charge is 0.352 e. The second-order valence-electron chi connectivity index (χ2n) is 6.31. The fourth-order valence-corrected chi connectivity index (χ4v) is 2.75. The predicted octanol–water partition coefficient (Wildman–Crippen LogP) is 4.16. The van der Waals surface area contributed by atoms with Crippen molar-refractivity contribution in [3.63, 3.8) is 0 Å². The fourth-order valence-electron chi connectivity index (χ4n) is 2.75. The van der Waals surface area contributed by atoms with Gasteiger partial charge in [0.15, 0.2) is 0 Å². The highest BCUT2D eigenvalue weighted by Crippen LogP contribution is 2.21. The highest BCUT2D eigenvalue weighted by atomic mass is 16.5. The maximum Gasteiger partial charge on any atom is 0.352 e. The molecule has 0 saturated carbocycles. The normalized spacial score (nSPS) is 11.0. The van der Waals surface area contributed by atoms with Gasteiger partial charge in [0, 0.05) is 17.5 Å². The summed E-state index contributed by atoms with van der Waals surface area (Å²) in [7, 11) is 0. The maximum absolute atomic E-state index is 12.3. The molecule has 0 heterocycles. The van der Waals surface area contributed by atoms with Gasteiger partial charge in [0.1, 0.15) is 11.4 Å². The van der Waals surface area contributed by atoms with Crippen molar-refractivity contribution in [1.82, 2.24) is 5.32 Å². The van der Waals surface area contributed by atoms with Crippen LogP contribution in [0.1, 0.15) is 21.5 Å². The first-order valence-electron chi connectivity index (χ1n) is 9.20. The summed E-state index contributed by atoms with van der Waals surface area (Å²) in [6, 6.07) is 25.5. The summed E-state index contributed by atoms with van der Waals surface area (Å²) < 4.78 is 5.86. The summed E-state index contributed by atoms with van der Waals surface area (Å²) in [5.41, 5.74) is 1.89. The summed E-state index contributed by atoms with van der Waals surface area (Å²) in [5.74, 6) is -1.16. The Hall–Kier alpha value is -3.86. The van der Waals surface area contributed by atoms with Gasteiger partial charge in [0.05, 0.1) is 6.61 Å². The minimum Gasteiger partial charge on any atom is -0.493 e. The van der Waals surface area contributed by atoms with E-state index in [2.05, 4.69) is 5.32 Å². The van der Waals surface area contributed by atoms with Crippen molar-refractivity contribution in [3.05, 3.63) is 107 Å². The summed E-state index contributed by atoms with van der Waals surface area (Å²) in [6.07, 6.45) is 2.14.